The van der Waals surface area contributed by atoms with Crippen LogP contribution in [0.5, 0.6) is 0 Å². The first-order chi connectivity index (χ1) is 6.18. The maximum Gasteiger partial charge on any atom is 0.309 e. The van der Waals surface area contributed by atoms with Crippen molar-refractivity contribution in [2.45, 2.75) is 38.7 Å². The van der Waals surface area contributed by atoms with Crippen LogP contribution in [0, 0.1) is 11.8 Å². The first-order valence-corrected chi connectivity index (χ1v) is 4.90. The Balaban J connectivity index is 2.15. The van der Waals surface area contributed by atoms with E-state index < -0.39 is 0 Å². The molecule has 0 aromatic heterocycles. The van der Waals surface area contributed by atoms with Gasteiger partial charge < -0.3 is 4.74 Å². The minimum absolute atomic E-state index is 0.0222. The van der Waals surface area contributed by atoms with E-state index in [1.54, 1.807) is 0 Å². The van der Waals surface area contributed by atoms with Gasteiger partial charge in [-0.1, -0.05) is 6.92 Å². The molecule has 3 nitrogen and oxygen atoms in total. The highest BCUT2D eigenvalue weighted by Gasteiger charge is 2.43. The van der Waals surface area contributed by atoms with Crippen molar-refractivity contribution in [3.8, 4) is 0 Å². The number of Topliss-reactive ketones (excluding diaryl/α,β-unsaturated/α-hetero) is 1. The molecular weight excluding hydrogens is 168 g/mol. The van der Waals surface area contributed by atoms with Crippen LogP contribution in [0.15, 0.2) is 0 Å². The molecule has 2 rings (SSSR count). The summed E-state index contributed by atoms with van der Waals surface area (Å²) in [4.78, 5) is 22.5. The fraction of sp³-hybridized carbons (Fsp3) is 0.800. The molecule has 0 N–H and O–H groups in total. The summed E-state index contributed by atoms with van der Waals surface area (Å²) in [6, 6.07) is 0. The Morgan fingerprint density at radius 1 is 1.38 bits per heavy atom. The maximum absolute atomic E-state index is 11.3. The highest BCUT2D eigenvalue weighted by Crippen LogP contribution is 2.36. The third-order valence-corrected chi connectivity index (χ3v) is 3.17. The van der Waals surface area contributed by atoms with E-state index in [1.165, 1.54) is 0 Å². The van der Waals surface area contributed by atoms with Gasteiger partial charge in [0.2, 0.25) is 0 Å². The highest BCUT2D eigenvalue weighted by atomic mass is 16.6. The number of hydrogen-bond donors (Lipinski definition) is 0. The molecule has 0 bridgehead atoms. The molecule has 0 unspecified atom stereocenters. The van der Waals surface area contributed by atoms with Crippen LogP contribution < -0.4 is 0 Å². The second-order valence-corrected chi connectivity index (χ2v) is 4.06. The third kappa shape index (κ3) is 1.47. The van der Waals surface area contributed by atoms with Gasteiger partial charge in [0.25, 0.3) is 0 Å². The van der Waals surface area contributed by atoms with Gasteiger partial charge in [0.15, 0.2) is 0 Å². The molecule has 13 heavy (non-hydrogen) atoms. The number of fused-ring (bicyclic) bond motifs is 1. The summed E-state index contributed by atoms with van der Waals surface area (Å²) in [5, 5.41) is 0. The zero-order valence-electron chi connectivity index (χ0n) is 7.79. The Bertz CT molecular complexity index is 247. The summed E-state index contributed by atoms with van der Waals surface area (Å²) < 4.78 is 5.21. The van der Waals surface area contributed by atoms with Crippen LogP contribution in [0.25, 0.3) is 0 Å². The molecular formula is C10H14O3. The van der Waals surface area contributed by atoms with Crippen molar-refractivity contribution in [1.82, 2.24) is 0 Å². The third-order valence-electron chi connectivity index (χ3n) is 3.17. The first-order valence-electron chi connectivity index (χ1n) is 4.90. The van der Waals surface area contributed by atoms with Gasteiger partial charge in [-0.2, -0.15) is 0 Å². The topological polar surface area (TPSA) is 43.4 Å². The Kier molecular flexibility index (Phi) is 2.10. The van der Waals surface area contributed by atoms with Crippen molar-refractivity contribution in [3.05, 3.63) is 0 Å². The van der Waals surface area contributed by atoms with Crippen LogP contribution in [0.1, 0.15) is 32.6 Å². The van der Waals surface area contributed by atoms with Crippen LogP contribution in [0.3, 0.4) is 0 Å². The largest absolute Gasteiger partial charge is 0.462 e. The summed E-state index contributed by atoms with van der Waals surface area (Å²) in [7, 11) is 0. The number of ether oxygens (including phenoxy) is 1. The summed E-state index contributed by atoms with van der Waals surface area (Å²) in [6.07, 6.45) is 2.97. The van der Waals surface area contributed by atoms with Crippen molar-refractivity contribution in [1.29, 1.82) is 0 Å². The summed E-state index contributed by atoms with van der Waals surface area (Å²) in [5.41, 5.74) is 0. The van der Waals surface area contributed by atoms with Crippen molar-refractivity contribution < 1.29 is 14.3 Å². The van der Waals surface area contributed by atoms with Gasteiger partial charge >= 0.3 is 5.97 Å². The number of esters is 1. The number of carbonyl (C=O) groups excluding carboxylic acids is 2. The smallest absolute Gasteiger partial charge is 0.309 e. The van der Waals surface area contributed by atoms with Crippen molar-refractivity contribution in [2.24, 2.45) is 11.8 Å². The molecule has 1 heterocycles. The van der Waals surface area contributed by atoms with E-state index in [4.69, 9.17) is 4.74 Å². The first kappa shape index (κ1) is 8.73. The van der Waals surface area contributed by atoms with E-state index >= 15 is 0 Å². The lowest BCUT2D eigenvalue weighted by molar-refractivity contribution is -0.144. The molecule has 2 aliphatic rings. The average Bonchev–Trinajstić information content (AvgIpc) is 2.29. The standard InChI is InChI=1S/C10H14O3/c1-6-8-5-7(11)3-2-4-9(8)13-10(6)12/h6,8-9H,2-5H2,1H3/t6-,8-,9+/m0/s1. The van der Waals surface area contributed by atoms with E-state index in [1.807, 2.05) is 6.92 Å². The van der Waals surface area contributed by atoms with E-state index in [2.05, 4.69) is 0 Å². The molecule has 3 heteroatoms. The second kappa shape index (κ2) is 3.13. The van der Waals surface area contributed by atoms with Crippen LogP contribution in [0.2, 0.25) is 0 Å². The zero-order valence-corrected chi connectivity index (χ0v) is 7.79. The molecule has 0 spiro atoms. The molecule has 3 atom stereocenters. The molecule has 1 aliphatic heterocycles. The van der Waals surface area contributed by atoms with Crippen molar-refractivity contribution >= 4 is 11.8 Å². The van der Waals surface area contributed by atoms with Crippen molar-refractivity contribution in [3.63, 3.8) is 0 Å². The van der Waals surface area contributed by atoms with E-state index in [0.29, 0.717) is 12.8 Å². The summed E-state index contributed by atoms with van der Waals surface area (Å²) in [6.45, 7) is 1.87. The molecule has 0 aromatic carbocycles. The SMILES string of the molecule is C[C@@H]1C(=O)O[C@@H]2CCCC(=O)C[C@@H]12. The Morgan fingerprint density at radius 2 is 2.15 bits per heavy atom. The Hall–Kier alpha value is -0.860. The monoisotopic (exact) mass is 182 g/mol. The molecule has 1 saturated carbocycles. The van der Waals surface area contributed by atoms with Gasteiger partial charge in [-0.15, -0.1) is 0 Å². The second-order valence-electron chi connectivity index (χ2n) is 4.06. The van der Waals surface area contributed by atoms with Crippen LogP contribution in [-0.4, -0.2) is 17.9 Å². The van der Waals surface area contributed by atoms with Gasteiger partial charge in [0.1, 0.15) is 11.9 Å². The van der Waals surface area contributed by atoms with E-state index in [9.17, 15) is 9.59 Å². The molecule has 0 radical (unpaired) electrons. The van der Waals surface area contributed by atoms with E-state index in [0.717, 1.165) is 12.8 Å². The van der Waals surface area contributed by atoms with Gasteiger partial charge in [0, 0.05) is 18.8 Å². The number of ketones is 1. The molecule has 0 aromatic rings. The lowest BCUT2D eigenvalue weighted by Gasteiger charge is -2.14. The minimum atomic E-state index is -0.121. The van der Waals surface area contributed by atoms with Gasteiger partial charge in [-0.25, -0.2) is 0 Å². The highest BCUT2D eigenvalue weighted by molar-refractivity contribution is 5.82. The van der Waals surface area contributed by atoms with Gasteiger partial charge in [-0.3, -0.25) is 9.59 Å². The average molecular weight is 182 g/mol. The fourth-order valence-electron chi connectivity index (χ4n) is 2.29. The predicted octanol–water partition coefficient (Wildman–Crippen LogP) is 1.31. The lowest BCUT2D eigenvalue weighted by atomic mass is 9.88. The maximum atomic E-state index is 11.3. The number of hydrogen-bond acceptors (Lipinski definition) is 3. The minimum Gasteiger partial charge on any atom is -0.462 e. The Labute approximate surface area is 77.4 Å². The van der Waals surface area contributed by atoms with E-state index in [-0.39, 0.29) is 29.7 Å². The van der Waals surface area contributed by atoms with Crippen LogP contribution >= 0.6 is 0 Å². The van der Waals surface area contributed by atoms with Gasteiger partial charge in [-0.05, 0) is 12.8 Å². The quantitative estimate of drug-likeness (QED) is 0.530. The lowest BCUT2D eigenvalue weighted by Crippen LogP contribution is -2.19. The number of carbonyl (C=O) groups is 2. The number of rotatable bonds is 0. The fourth-order valence-corrected chi connectivity index (χ4v) is 2.29. The van der Waals surface area contributed by atoms with Gasteiger partial charge in [0.05, 0.1) is 5.92 Å². The predicted molar refractivity (Wildman–Crippen MR) is 46.0 cm³/mol. The Morgan fingerprint density at radius 3 is 2.92 bits per heavy atom. The molecule has 0 amide bonds. The molecule has 72 valence electrons. The van der Waals surface area contributed by atoms with Crippen molar-refractivity contribution in [2.75, 3.05) is 0 Å². The van der Waals surface area contributed by atoms with Crippen LogP contribution in [0.4, 0.5) is 0 Å². The van der Waals surface area contributed by atoms with Crippen LogP contribution in [-0.2, 0) is 14.3 Å². The molecule has 1 saturated heterocycles. The molecule has 2 fully saturated rings. The normalized spacial score (nSPS) is 39.6. The summed E-state index contributed by atoms with van der Waals surface area (Å²) in [5.74, 6) is 0.247. The summed E-state index contributed by atoms with van der Waals surface area (Å²) >= 11 is 0. The molecule has 1 aliphatic carbocycles. The zero-order chi connectivity index (χ0) is 9.42.